The van der Waals surface area contributed by atoms with Crippen molar-refractivity contribution in [2.45, 2.75) is 76.6 Å². The normalized spacial score (nSPS) is 17.1. The number of nitrogens with one attached hydrogen (secondary N) is 1. The Morgan fingerprint density at radius 1 is 1.00 bits per heavy atom. The lowest BCUT2D eigenvalue weighted by atomic mass is 9.85. The molecule has 12 heteroatoms. The van der Waals surface area contributed by atoms with Gasteiger partial charge < -0.3 is 15.5 Å². The molecule has 3 heterocycles. The minimum Gasteiger partial charge on any atom is -0.414 e. The van der Waals surface area contributed by atoms with Crippen molar-refractivity contribution in [3.05, 3.63) is 106 Å². The van der Waals surface area contributed by atoms with Crippen LogP contribution >= 0.6 is 0 Å². The molecule has 1 aliphatic rings. The minimum atomic E-state index is -1.89. The number of carbonyl (C=O) groups excluding carboxylic acids is 1. The van der Waals surface area contributed by atoms with E-state index in [1.54, 1.807) is 22.7 Å². The van der Waals surface area contributed by atoms with Crippen molar-refractivity contribution in [1.29, 1.82) is 0 Å². The van der Waals surface area contributed by atoms with Crippen molar-refractivity contribution in [3.63, 3.8) is 0 Å². The Morgan fingerprint density at radius 2 is 1.71 bits per heavy atom. The first-order valence-electron chi connectivity index (χ1n) is 16.1. The lowest BCUT2D eigenvalue weighted by Crippen LogP contribution is -2.44. The zero-order valence-corrected chi connectivity index (χ0v) is 28.8. The van der Waals surface area contributed by atoms with Gasteiger partial charge in [0.05, 0.1) is 0 Å². The largest absolute Gasteiger partial charge is 0.414 e. The van der Waals surface area contributed by atoms with E-state index < -0.39 is 31.4 Å². The quantitative estimate of drug-likeness (QED) is 0.171. The summed E-state index contributed by atoms with van der Waals surface area (Å²) in [5.41, 5.74) is 8.48. The highest BCUT2D eigenvalue weighted by Crippen LogP contribution is 2.43. The van der Waals surface area contributed by atoms with E-state index in [1.165, 1.54) is 53.5 Å². The van der Waals surface area contributed by atoms with Gasteiger partial charge in [0, 0.05) is 46.4 Å². The summed E-state index contributed by atoms with van der Waals surface area (Å²) in [5.74, 6) is -1.31. The topological polar surface area (TPSA) is 117 Å². The average Bonchev–Trinajstić information content (AvgIpc) is 3.42. The maximum absolute atomic E-state index is 15.9. The molecule has 1 amide bonds. The van der Waals surface area contributed by atoms with Crippen LogP contribution in [-0.2, 0) is 4.43 Å². The van der Waals surface area contributed by atoms with Crippen LogP contribution in [0.25, 0.3) is 22.3 Å². The molecule has 2 aromatic carbocycles. The molecule has 0 aliphatic heterocycles. The highest BCUT2D eigenvalue weighted by atomic mass is 28.4. The number of aromatic nitrogens is 4. The number of pyridine rings is 1. The van der Waals surface area contributed by atoms with Gasteiger partial charge in [-0.05, 0) is 104 Å². The molecular weight excluding hydrogens is 631 g/mol. The summed E-state index contributed by atoms with van der Waals surface area (Å²) in [7, 11) is -1.89. The molecule has 0 bridgehead atoms. The summed E-state index contributed by atoms with van der Waals surface area (Å²) in [6.45, 7) is 11.3. The predicted molar refractivity (Wildman–Crippen MR) is 186 cm³/mol. The number of halogens is 2. The van der Waals surface area contributed by atoms with Crippen LogP contribution in [0.1, 0.15) is 68.4 Å². The van der Waals surface area contributed by atoms with E-state index in [9.17, 15) is 14.0 Å². The number of anilines is 2. The third-order valence-electron chi connectivity index (χ3n) is 9.78. The summed E-state index contributed by atoms with van der Waals surface area (Å²) in [5, 5.41) is 7.27. The van der Waals surface area contributed by atoms with Gasteiger partial charge in [0.1, 0.15) is 29.0 Å². The third-order valence-corrected chi connectivity index (χ3v) is 14.3. The second-order valence-corrected chi connectivity index (χ2v) is 18.7. The fourth-order valence-corrected chi connectivity index (χ4v) is 7.56. The molecule has 0 atom stereocenters. The van der Waals surface area contributed by atoms with Crippen molar-refractivity contribution in [2.24, 2.45) is 0 Å². The highest BCUT2D eigenvalue weighted by Gasteiger charge is 2.40. The molecule has 1 aliphatic carbocycles. The molecule has 3 aromatic heterocycles. The summed E-state index contributed by atoms with van der Waals surface area (Å²) in [6.07, 6.45) is 6.79. The van der Waals surface area contributed by atoms with Crippen LogP contribution in [0.15, 0.2) is 78.0 Å². The molecule has 48 heavy (non-hydrogen) atoms. The molecule has 0 saturated heterocycles. The van der Waals surface area contributed by atoms with Crippen LogP contribution in [0.4, 0.5) is 20.3 Å². The van der Waals surface area contributed by atoms with E-state index in [0.717, 1.165) is 31.4 Å². The fraction of sp³-hybridized carbons (Fsp3) is 0.333. The van der Waals surface area contributed by atoms with E-state index in [4.69, 9.17) is 10.2 Å². The maximum atomic E-state index is 15.9. The van der Waals surface area contributed by atoms with E-state index in [2.05, 4.69) is 49.3 Å². The number of amides is 1. The molecule has 250 valence electrons. The van der Waals surface area contributed by atoms with Crippen molar-refractivity contribution < 1.29 is 18.0 Å². The molecule has 0 unspecified atom stereocenters. The Hall–Kier alpha value is -4.68. The summed E-state index contributed by atoms with van der Waals surface area (Å²) in [6, 6.07) is 14.6. The van der Waals surface area contributed by atoms with Crippen molar-refractivity contribution in [1.82, 2.24) is 19.2 Å². The number of hydrogen-bond donors (Lipinski definition) is 2. The van der Waals surface area contributed by atoms with Crippen LogP contribution in [0.2, 0.25) is 18.1 Å². The number of nitrogens with two attached hydrogens (primary N) is 1. The maximum Gasteiger partial charge on any atom is 0.267 e. The van der Waals surface area contributed by atoms with E-state index in [0.29, 0.717) is 16.8 Å². The molecule has 1 saturated carbocycles. The van der Waals surface area contributed by atoms with Crippen molar-refractivity contribution >= 4 is 31.2 Å². The highest BCUT2D eigenvalue weighted by molar-refractivity contribution is 6.74. The third kappa shape index (κ3) is 6.42. The van der Waals surface area contributed by atoms with Gasteiger partial charge in [-0.2, -0.15) is 5.10 Å². The average molecular weight is 671 g/mol. The second-order valence-electron chi connectivity index (χ2n) is 14.0. The lowest BCUT2D eigenvalue weighted by molar-refractivity contribution is 0.102. The lowest BCUT2D eigenvalue weighted by Gasteiger charge is -2.41. The van der Waals surface area contributed by atoms with Crippen molar-refractivity contribution in [3.8, 4) is 16.8 Å². The molecule has 5 aromatic rings. The van der Waals surface area contributed by atoms with E-state index in [1.807, 2.05) is 6.07 Å². The fourth-order valence-electron chi connectivity index (χ4n) is 6.14. The first-order valence-corrected chi connectivity index (χ1v) is 19.0. The van der Waals surface area contributed by atoms with Gasteiger partial charge in [-0.25, -0.2) is 18.3 Å². The number of fused-ring (bicyclic) bond motifs is 1. The van der Waals surface area contributed by atoms with Crippen LogP contribution in [0.5, 0.6) is 0 Å². The standard InChI is InChI=1S/C36H40F2N6O3Si/c1-36(2,3)48(4,5)47-26-15-8-22(9-16-26)31-20-29(32-33(39)40-21-41-44(31)32)27-17-12-24(19-30(27)38)42-34(45)28-7-6-18-43(35(28)46)25-13-10-23(37)11-14-25/h6-7,10-14,17-22,26H,8-9,15-16H2,1-5H3,(H,42,45)(H2,39,40,41). The summed E-state index contributed by atoms with van der Waals surface area (Å²) < 4.78 is 39.0. The Kier molecular flexibility index (Phi) is 8.82. The monoisotopic (exact) mass is 670 g/mol. The van der Waals surface area contributed by atoms with Gasteiger partial charge >= 0.3 is 0 Å². The van der Waals surface area contributed by atoms with Crippen LogP contribution in [-0.4, -0.2) is 39.5 Å². The zero-order chi connectivity index (χ0) is 34.4. The first kappa shape index (κ1) is 33.2. The number of nitrogen functional groups attached to an aromatic ring is 1. The van der Waals surface area contributed by atoms with Crippen LogP contribution < -0.4 is 16.6 Å². The SMILES string of the molecule is CC(C)(C)[Si](C)(C)OC1CCC(c2cc(-c3ccc(NC(=O)c4cccn(-c5ccc(F)cc5)c4=O)cc3F)c3c(N)ncnn23)CC1. The second kappa shape index (κ2) is 12.7. The zero-order valence-electron chi connectivity index (χ0n) is 27.8. The van der Waals surface area contributed by atoms with Crippen molar-refractivity contribution in [2.75, 3.05) is 11.1 Å². The summed E-state index contributed by atoms with van der Waals surface area (Å²) in [4.78, 5) is 30.4. The van der Waals surface area contributed by atoms with Crippen LogP contribution in [0.3, 0.4) is 0 Å². The molecule has 3 N–H and O–H groups in total. The molecule has 6 rings (SSSR count). The number of hydrogen-bond acceptors (Lipinski definition) is 6. The summed E-state index contributed by atoms with van der Waals surface area (Å²) >= 11 is 0. The van der Waals surface area contributed by atoms with E-state index in [-0.39, 0.29) is 39.7 Å². The first-order chi connectivity index (χ1) is 22.7. The van der Waals surface area contributed by atoms with Gasteiger partial charge in [0.15, 0.2) is 14.1 Å². The van der Waals surface area contributed by atoms with E-state index >= 15 is 4.39 Å². The Balaban J connectivity index is 1.24. The van der Waals surface area contributed by atoms with Gasteiger partial charge in [-0.1, -0.05) is 20.8 Å². The number of carbonyl (C=O) groups is 1. The Bertz CT molecular complexity index is 2040. The molecular formula is C36H40F2N6O3Si. The number of rotatable bonds is 7. The van der Waals surface area contributed by atoms with Gasteiger partial charge in [0.2, 0.25) is 0 Å². The van der Waals surface area contributed by atoms with Gasteiger partial charge in [-0.3, -0.25) is 14.2 Å². The minimum absolute atomic E-state index is 0.141. The number of nitrogens with zero attached hydrogens (tertiary/aromatic N) is 4. The predicted octanol–water partition coefficient (Wildman–Crippen LogP) is 7.71. The Labute approximate surface area is 278 Å². The Morgan fingerprint density at radius 3 is 2.38 bits per heavy atom. The molecule has 0 radical (unpaired) electrons. The van der Waals surface area contributed by atoms with Gasteiger partial charge in [-0.15, -0.1) is 0 Å². The molecule has 1 fully saturated rings. The van der Waals surface area contributed by atoms with Gasteiger partial charge in [0.25, 0.3) is 11.5 Å². The number of benzene rings is 2. The smallest absolute Gasteiger partial charge is 0.267 e. The molecule has 0 spiro atoms. The van der Waals surface area contributed by atoms with Crippen LogP contribution in [0, 0.1) is 11.6 Å². The molecule has 9 nitrogen and oxygen atoms in total.